The molecular weight excluding hydrogens is 414 g/mol. The first-order chi connectivity index (χ1) is 12.3. The minimum Gasteiger partial charge on any atom is -0.306 e. The monoisotopic (exact) mass is 431 g/mol. The van der Waals surface area contributed by atoms with Crippen molar-refractivity contribution in [3.63, 3.8) is 0 Å². The van der Waals surface area contributed by atoms with Crippen molar-refractivity contribution in [3.05, 3.63) is 75.4 Å². The van der Waals surface area contributed by atoms with Crippen LogP contribution < -0.4 is 5.32 Å². The second kappa shape index (κ2) is 7.25. The van der Waals surface area contributed by atoms with Crippen LogP contribution in [0.1, 0.15) is 36.8 Å². The van der Waals surface area contributed by atoms with E-state index in [2.05, 4.69) is 47.1 Å². The van der Waals surface area contributed by atoms with E-state index in [1.807, 2.05) is 36.4 Å². The number of nitrogens with one attached hydrogen (secondary N) is 1. The van der Waals surface area contributed by atoms with E-state index in [4.69, 9.17) is 11.6 Å². The number of rotatable bonds is 3. The number of carbonyl (C=O) groups excluding carboxylic acids is 1. The number of hydrogen-bond donors (Lipinski definition) is 1. The van der Waals surface area contributed by atoms with Crippen LogP contribution in [0.4, 0.5) is 5.82 Å². The Morgan fingerprint density at radius 3 is 2.50 bits per heavy atom. The van der Waals surface area contributed by atoms with Crippen molar-refractivity contribution in [2.75, 3.05) is 5.32 Å². The summed E-state index contributed by atoms with van der Waals surface area (Å²) >= 11 is 9.74. The average Bonchev–Trinajstić information content (AvgIpc) is 2.99. The largest absolute Gasteiger partial charge is 0.306 e. The van der Waals surface area contributed by atoms with Gasteiger partial charge in [0.1, 0.15) is 5.82 Å². The van der Waals surface area contributed by atoms with Gasteiger partial charge in [0, 0.05) is 21.5 Å². The van der Waals surface area contributed by atoms with Crippen LogP contribution in [0.5, 0.6) is 0 Å². The zero-order valence-corrected chi connectivity index (χ0v) is 17.1. The van der Waals surface area contributed by atoms with Gasteiger partial charge in [0.2, 0.25) is 0 Å². The molecule has 0 atom stereocenters. The summed E-state index contributed by atoms with van der Waals surface area (Å²) < 4.78 is 2.53. The van der Waals surface area contributed by atoms with E-state index in [-0.39, 0.29) is 11.3 Å². The molecule has 0 saturated heterocycles. The molecule has 0 saturated carbocycles. The summed E-state index contributed by atoms with van der Waals surface area (Å²) in [5.41, 5.74) is 1.97. The van der Waals surface area contributed by atoms with E-state index in [9.17, 15) is 4.79 Å². The molecule has 0 aliphatic heterocycles. The van der Waals surface area contributed by atoms with Gasteiger partial charge in [0.15, 0.2) is 0 Å². The molecule has 4 nitrogen and oxygen atoms in total. The summed E-state index contributed by atoms with van der Waals surface area (Å²) in [4.78, 5) is 12.7. The van der Waals surface area contributed by atoms with Crippen LogP contribution in [0.25, 0.3) is 5.69 Å². The number of nitrogens with zero attached hydrogens (tertiary/aromatic N) is 2. The first-order valence-corrected chi connectivity index (χ1v) is 9.35. The second-order valence-corrected chi connectivity index (χ2v) is 8.32. The quantitative estimate of drug-likeness (QED) is 0.565. The van der Waals surface area contributed by atoms with Gasteiger partial charge in [-0.1, -0.05) is 66.5 Å². The van der Waals surface area contributed by atoms with Gasteiger partial charge in [-0.25, -0.2) is 4.68 Å². The van der Waals surface area contributed by atoms with Crippen LogP contribution in [0, 0.1) is 0 Å². The lowest BCUT2D eigenvalue weighted by molar-refractivity contribution is 0.102. The van der Waals surface area contributed by atoms with Gasteiger partial charge in [-0.3, -0.25) is 4.79 Å². The minimum absolute atomic E-state index is 0.165. The Morgan fingerprint density at radius 1 is 1.12 bits per heavy atom. The van der Waals surface area contributed by atoms with Crippen LogP contribution in [0.2, 0.25) is 5.02 Å². The van der Waals surface area contributed by atoms with Crippen LogP contribution in [0.15, 0.2) is 59.1 Å². The fourth-order valence-corrected chi connectivity index (χ4v) is 3.08. The summed E-state index contributed by atoms with van der Waals surface area (Å²) in [5, 5.41) is 8.20. The second-order valence-electron chi connectivity index (χ2n) is 6.99. The predicted molar refractivity (Wildman–Crippen MR) is 109 cm³/mol. The number of hydrogen-bond acceptors (Lipinski definition) is 2. The molecule has 0 radical (unpaired) electrons. The summed E-state index contributed by atoms with van der Waals surface area (Å²) in [6, 6.07) is 16.6. The summed E-state index contributed by atoms with van der Waals surface area (Å²) in [7, 11) is 0. The fourth-order valence-electron chi connectivity index (χ4n) is 2.46. The number of amides is 1. The number of anilines is 1. The Hall–Kier alpha value is -2.11. The van der Waals surface area contributed by atoms with E-state index in [1.54, 1.807) is 22.9 Å². The number of carbonyl (C=O) groups is 1. The number of benzene rings is 2. The highest BCUT2D eigenvalue weighted by Gasteiger charge is 2.22. The number of aromatic nitrogens is 2. The lowest BCUT2D eigenvalue weighted by atomic mass is 9.92. The Morgan fingerprint density at radius 2 is 1.85 bits per heavy atom. The van der Waals surface area contributed by atoms with E-state index in [1.165, 1.54) is 0 Å². The Bertz CT molecular complexity index is 960. The van der Waals surface area contributed by atoms with Gasteiger partial charge in [0.25, 0.3) is 5.91 Å². The molecular formula is C20H19BrClN3O. The molecule has 1 aromatic heterocycles. The van der Waals surface area contributed by atoms with Crippen LogP contribution >= 0.6 is 27.5 Å². The van der Waals surface area contributed by atoms with Crippen molar-refractivity contribution in [1.29, 1.82) is 0 Å². The topological polar surface area (TPSA) is 46.9 Å². The fraction of sp³-hybridized carbons (Fsp3) is 0.200. The Kier molecular flexibility index (Phi) is 5.21. The highest BCUT2D eigenvalue weighted by molar-refractivity contribution is 9.10. The summed E-state index contributed by atoms with van der Waals surface area (Å²) in [5.74, 6) is 0.368. The van der Waals surface area contributed by atoms with Crippen LogP contribution in [-0.4, -0.2) is 15.7 Å². The molecule has 0 aliphatic carbocycles. The maximum absolute atomic E-state index is 12.7. The molecule has 134 valence electrons. The highest BCUT2D eigenvalue weighted by Crippen LogP contribution is 2.29. The molecule has 0 unspecified atom stereocenters. The standard InChI is InChI=1S/C20H19BrClN3O/c1-20(2,3)17-12-18(23-19(26)13-7-6-8-14(21)11-13)25(24-17)16-10-5-4-9-15(16)22/h4-12H,1-3H3,(H,23,26). The molecule has 2 aromatic carbocycles. The predicted octanol–water partition coefficient (Wildman–Crippen LogP) is 5.84. The van der Waals surface area contributed by atoms with Crippen molar-refractivity contribution in [2.24, 2.45) is 0 Å². The van der Waals surface area contributed by atoms with E-state index in [0.29, 0.717) is 22.1 Å². The lowest BCUT2D eigenvalue weighted by Crippen LogP contribution is -2.15. The third-order valence-electron chi connectivity index (χ3n) is 3.89. The van der Waals surface area contributed by atoms with E-state index < -0.39 is 0 Å². The van der Waals surface area contributed by atoms with Crippen molar-refractivity contribution >= 4 is 39.3 Å². The number of halogens is 2. The van der Waals surface area contributed by atoms with Crippen LogP contribution in [0.3, 0.4) is 0 Å². The van der Waals surface area contributed by atoms with Crippen molar-refractivity contribution in [3.8, 4) is 5.69 Å². The third kappa shape index (κ3) is 4.00. The lowest BCUT2D eigenvalue weighted by Gasteiger charge is -2.14. The summed E-state index contributed by atoms with van der Waals surface area (Å²) in [6.45, 7) is 6.23. The zero-order chi connectivity index (χ0) is 18.9. The normalized spacial score (nSPS) is 11.4. The van der Waals surface area contributed by atoms with Crippen LogP contribution in [-0.2, 0) is 5.41 Å². The SMILES string of the molecule is CC(C)(C)c1cc(NC(=O)c2cccc(Br)c2)n(-c2ccccc2Cl)n1. The molecule has 0 spiro atoms. The molecule has 1 amide bonds. The van der Waals surface area contributed by atoms with E-state index in [0.717, 1.165) is 10.2 Å². The van der Waals surface area contributed by atoms with E-state index >= 15 is 0 Å². The molecule has 1 N–H and O–H groups in total. The van der Waals surface area contributed by atoms with Crippen molar-refractivity contribution in [1.82, 2.24) is 9.78 Å². The molecule has 6 heteroatoms. The maximum Gasteiger partial charge on any atom is 0.256 e. The van der Waals surface area contributed by atoms with Gasteiger partial charge in [-0.15, -0.1) is 0 Å². The van der Waals surface area contributed by atoms with Gasteiger partial charge in [-0.2, -0.15) is 5.10 Å². The Balaban J connectivity index is 2.04. The highest BCUT2D eigenvalue weighted by atomic mass is 79.9. The average molecular weight is 433 g/mol. The molecule has 3 aromatic rings. The molecule has 0 bridgehead atoms. The van der Waals surface area contributed by atoms with Gasteiger partial charge in [-0.05, 0) is 30.3 Å². The molecule has 26 heavy (non-hydrogen) atoms. The molecule has 1 heterocycles. The van der Waals surface area contributed by atoms with Gasteiger partial charge < -0.3 is 5.32 Å². The molecule has 3 rings (SSSR count). The van der Waals surface area contributed by atoms with Gasteiger partial charge >= 0.3 is 0 Å². The summed E-state index contributed by atoms with van der Waals surface area (Å²) in [6.07, 6.45) is 0. The van der Waals surface area contributed by atoms with Crippen molar-refractivity contribution in [2.45, 2.75) is 26.2 Å². The van der Waals surface area contributed by atoms with Crippen molar-refractivity contribution < 1.29 is 4.79 Å². The van der Waals surface area contributed by atoms with Gasteiger partial charge in [0.05, 0.1) is 16.4 Å². The smallest absolute Gasteiger partial charge is 0.256 e. The molecule has 0 aliphatic rings. The maximum atomic E-state index is 12.7. The third-order valence-corrected chi connectivity index (χ3v) is 4.70. The first-order valence-electron chi connectivity index (χ1n) is 8.18. The Labute approximate surface area is 166 Å². The molecule has 0 fully saturated rings. The number of para-hydroxylation sites is 1. The first kappa shape index (κ1) is 18.7. The zero-order valence-electron chi connectivity index (χ0n) is 14.8. The minimum atomic E-state index is -0.208.